The quantitative estimate of drug-likeness (QED) is 0.943. The molecule has 1 fully saturated rings. The molecule has 0 aliphatic carbocycles. The van der Waals surface area contributed by atoms with Crippen LogP contribution in [0.5, 0.6) is 0 Å². The van der Waals surface area contributed by atoms with Gasteiger partial charge in [-0.1, -0.05) is 16.8 Å². The van der Waals surface area contributed by atoms with Gasteiger partial charge in [-0.15, -0.1) is 0 Å². The minimum atomic E-state index is -0.255. The Balaban J connectivity index is 1.63. The minimum absolute atomic E-state index is 0.108. The summed E-state index contributed by atoms with van der Waals surface area (Å²) in [7, 11) is 0. The van der Waals surface area contributed by atoms with E-state index in [2.05, 4.69) is 10.5 Å². The van der Waals surface area contributed by atoms with Crippen LogP contribution in [-0.4, -0.2) is 30.3 Å². The van der Waals surface area contributed by atoms with Crippen LogP contribution in [0.25, 0.3) is 11.3 Å². The average Bonchev–Trinajstić information content (AvgIpc) is 3.17. The third kappa shape index (κ3) is 3.43. The maximum Gasteiger partial charge on any atom is 0.273 e. The first-order valence-electron chi connectivity index (χ1n) is 6.85. The summed E-state index contributed by atoms with van der Waals surface area (Å²) < 4.78 is 10.7. The molecule has 0 saturated carbocycles. The van der Waals surface area contributed by atoms with Gasteiger partial charge in [0.1, 0.15) is 0 Å². The van der Waals surface area contributed by atoms with E-state index in [9.17, 15) is 4.79 Å². The number of carbonyl (C=O) groups excluding carboxylic acids is 1. The predicted molar refractivity (Wildman–Crippen MR) is 78.3 cm³/mol. The highest BCUT2D eigenvalue weighted by molar-refractivity contribution is 6.30. The van der Waals surface area contributed by atoms with Crippen LogP contribution in [0.3, 0.4) is 0 Å². The van der Waals surface area contributed by atoms with Crippen molar-refractivity contribution < 1.29 is 14.1 Å². The summed E-state index contributed by atoms with van der Waals surface area (Å²) in [5.74, 6) is 0.281. The SMILES string of the molecule is O=C(NCC1CCCO1)c1cc(-c2ccc(Cl)cc2)on1. The van der Waals surface area contributed by atoms with E-state index in [0.717, 1.165) is 25.0 Å². The van der Waals surface area contributed by atoms with Crippen LogP contribution in [0.4, 0.5) is 0 Å². The van der Waals surface area contributed by atoms with Crippen molar-refractivity contribution in [2.75, 3.05) is 13.2 Å². The molecule has 1 aliphatic rings. The summed E-state index contributed by atoms with van der Waals surface area (Å²) in [6, 6.07) is 8.77. The summed E-state index contributed by atoms with van der Waals surface area (Å²) in [4.78, 5) is 12.0. The minimum Gasteiger partial charge on any atom is -0.376 e. The maximum absolute atomic E-state index is 12.0. The zero-order valence-electron chi connectivity index (χ0n) is 11.3. The van der Waals surface area contributed by atoms with Crippen molar-refractivity contribution in [1.82, 2.24) is 10.5 Å². The van der Waals surface area contributed by atoms with Gasteiger partial charge in [-0.25, -0.2) is 0 Å². The Morgan fingerprint density at radius 3 is 2.90 bits per heavy atom. The second kappa shape index (κ2) is 6.28. The Morgan fingerprint density at radius 2 is 2.19 bits per heavy atom. The molecule has 2 heterocycles. The van der Waals surface area contributed by atoms with E-state index in [0.29, 0.717) is 17.3 Å². The number of nitrogens with zero attached hydrogens (tertiary/aromatic N) is 1. The zero-order chi connectivity index (χ0) is 14.7. The van der Waals surface area contributed by atoms with Gasteiger partial charge in [0.2, 0.25) is 0 Å². The van der Waals surface area contributed by atoms with E-state index >= 15 is 0 Å². The third-order valence-corrected chi connectivity index (χ3v) is 3.64. The van der Waals surface area contributed by atoms with Gasteiger partial charge < -0.3 is 14.6 Å². The van der Waals surface area contributed by atoms with Crippen LogP contribution in [0.15, 0.2) is 34.9 Å². The van der Waals surface area contributed by atoms with Crippen molar-refractivity contribution in [3.63, 3.8) is 0 Å². The van der Waals surface area contributed by atoms with Gasteiger partial charge in [0, 0.05) is 29.8 Å². The smallest absolute Gasteiger partial charge is 0.273 e. The van der Waals surface area contributed by atoms with Crippen LogP contribution in [0.2, 0.25) is 5.02 Å². The van der Waals surface area contributed by atoms with Crippen LogP contribution in [0, 0.1) is 0 Å². The zero-order valence-corrected chi connectivity index (χ0v) is 12.1. The van der Waals surface area contributed by atoms with Crippen molar-refractivity contribution in [3.05, 3.63) is 41.0 Å². The number of hydrogen-bond donors (Lipinski definition) is 1. The lowest BCUT2D eigenvalue weighted by atomic mass is 10.1. The average molecular weight is 307 g/mol. The third-order valence-electron chi connectivity index (χ3n) is 3.39. The molecular formula is C15H15ClN2O3. The molecule has 0 radical (unpaired) electrons. The van der Waals surface area contributed by atoms with Crippen molar-refractivity contribution in [2.24, 2.45) is 0 Å². The first kappa shape index (κ1) is 14.1. The van der Waals surface area contributed by atoms with Gasteiger partial charge >= 0.3 is 0 Å². The standard InChI is InChI=1S/C15H15ClN2O3/c16-11-5-3-10(4-6-11)14-8-13(18-21-14)15(19)17-9-12-2-1-7-20-12/h3-6,8,12H,1-2,7,9H2,(H,17,19). The molecule has 6 heteroatoms. The summed E-state index contributed by atoms with van der Waals surface area (Å²) in [5.41, 5.74) is 1.09. The highest BCUT2D eigenvalue weighted by Gasteiger charge is 2.18. The molecule has 21 heavy (non-hydrogen) atoms. The molecule has 1 aromatic carbocycles. The molecule has 1 amide bonds. The van der Waals surface area contributed by atoms with Gasteiger partial charge in [0.05, 0.1) is 6.10 Å². The number of hydrogen-bond acceptors (Lipinski definition) is 4. The Kier molecular flexibility index (Phi) is 4.22. The Morgan fingerprint density at radius 1 is 1.38 bits per heavy atom. The van der Waals surface area contributed by atoms with Gasteiger partial charge in [0.25, 0.3) is 5.91 Å². The number of nitrogens with one attached hydrogen (secondary N) is 1. The predicted octanol–water partition coefficient (Wildman–Crippen LogP) is 2.90. The number of amides is 1. The first-order valence-corrected chi connectivity index (χ1v) is 7.22. The molecule has 5 nitrogen and oxygen atoms in total. The number of ether oxygens (including phenoxy) is 1. The summed E-state index contributed by atoms with van der Waals surface area (Å²) in [6.07, 6.45) is 2.14. The highest BCUT2D eigenvalue weighted by Crippen LogP contribution is 2.22. The van der Waals surface area contributed by atoms with Crippen molar-refractivity contribution in [3.8, 4) is 11.3 Å². The molecule has 3 rings (SSSR count). The maximum atomic E-state index is 12.0. The van der Waals surface area contributed by atoms with Crippen molar-refractivity contribution in [1.29, 1.82) is 0 Å². The van der Waals surface area contributed by atoms with E-state index in [4.69, 9.17) is 20.9 Å². The lowest BCUT2D eigenvalue weighted by Crippen LogP contribution is -2.31. The second-order valence-corrected chi connectivity index (χ2v) is 5.36. The molecular weight excluding hydrogens is 292 g/mol. The van der Waals surface area contributed by atoms with Crippen molar-refractivity contribution in [2.45, 2.75) is 18.9 Å². The summed E-state index contributed by atoms with van der Waals surface area (Å²) >= 11 is 5.84. The molecule has 0 spiro atoms. The topological polar surface area (TPSA) is 64.4 Å². The lowest BCUT2D eigenvalue weighted by Gasteiger charge is -2.09. The Labute approximate surface area is 127 Å². The van der Waals surface area contributed by atoms with Crippen LogP contribution < -0.4 is 5.32 Å². The van der Waals surface area contributed by atoms with Crippen LogP contribution >= 0.6 is 11.6 Å². The highest BCUT2D eigenvalue weighted by atomic mass is 35.5. The van der Waals surface area contributed by atoms with Crippen LogP contribution in [-0.2, 0) is 4.74 Å². The molecule has 110 valence electrons. The molecule has 1 aliphatic heterocycles. The van der Waals surface area contributed by atoms with E-state index < -0.39 is 0 Å². The van der Waals surface area contributed by atoms with E-state index in [1.165, 1.54) is 0 Å². The Hall–Kier alpha value is -1.85. The van der Waals surface area contributed by atoms with Gasteiger partial charge in [-0.05, 0) is 37.1 Å². The molecule has 1 unspecified atom stereocenters. The molecule has 1 N–H and O–H groups in total. The van der Waals surface area contributed by atoms with Gasteiger partial charge in [-0.2, -0.15) is 0 Å². The molecule has 0 bridgehead atoms. The Bertz CT molecular complexity index is 618. The molecule has 1 aromatic heterocycles. The normalized spacial score (nSPS) is 17.9. The fourth-order valence-corrected chi connectivity index (χ4v) is 2.36. The second-order valence-electron chi connectivity index (χ2n) is 4.93. The van der Waals surface area contributed by atoms with E-state index in [-0.39, 0.29) is 17.7 Å². The molecule has 1 atom stereocenters. The molecule has 1 saturated heterocycles. The number of carbonyl (C=O) groups is 1. The van der Waals surface area contributed by atoms with Gasteiger partial charge in [-0.3, -0.25) is 4.79 Å². The number of aromatic nitrogens is 1. The number of benzene rings is 1. The first-order chi connectivity index (χ1) is 10.2. The summed E-state index contributed by atoms with van der Waals surface area (Å²) in [6.45, 7) is 1.27. The number of halogens is 1. The number of rotatable bonds is 4. The fraction of sp³-hybridized carbons (Fsp3) is 0.333. The fourth-order valence-electron chi connectivity index (χ4n) is 2.23. The molecule has 2 aromatic rings. The van der Waals surface area contributed by atoms with Crippen molar-refractivity contribution >= 4 is 17.5 Å². The largest absolute Gasteiger partial charge is 0.376 e. The lowest BCUT2D eigenvalue weighted by molar-refractivity contribution is 0.0850. The monoisotopic (exact) mass is 306 g/mol. The summed E-state index contributed by atoms with van der Waals surface area (Å²) in [5, 5.41) is 7.25. The van der Waals surface area contributed by atoms with Gasteiger partial charge in [0.15, 0.2) is 11.5 Å². The van der Waals surface area contributed by atoms with Crippen LogP contribution in [0.1, 0.15) is 23.3 Å². The van der Waals surface area contributed by atoms with E-state index in [1.54, 1.807) is 18.2 Å². The van der Waals surface area contributed by atoms with E-state index in [1.807, 2.05) is 12.1 Å².